The van der Waals surface area contributed by atoms with Gasteiger partial charge in [-0.3, -0.25) is 9.48 Å². The number of rotatable bonds is 4. The Kier molecular flexibility index (Phi) is 4.37. The van der Waals surface area contributed by atoms with Crippen molar-refractivity contribution in [2.24, 2.45) is 0 Å². The van der Waals surface area contributed by atoms with Crippen LogP contribution in [-0.4, -0.2) is 26.2 Å². The first-order valence-corrected chi connectivity index (χ1v) is 5.75. The van der Waals surface area contributed by atoms with Gasteiger partial charge in [0.2, 0.25) is 5.91 Å². The first kappa shape index (κ1) is 11.5. The molecule has 1 aromatic heterocycles. The summed E-state index contributed by atoms with van der Waals surface area (Å²) in [7, 11) is 0. The van der Waals surface area contributed by atoms with Crippen molar-refractivity contribution in [3.05, 3.63) is 18.0 Å². The Morgan fingerprint density at radius 1 is 1.79 bits per heavy atom. The molecule has 4 nitrogen and oxygen atoms in total. The van der Waals surface area contributed by atoms with Crippen molar-refractivity contribution in [2.75, 3.05) is 6.54 Å². The maximum absolute atomic E-state index is 11.2. The Labute approximate surface area is 97.2 Å². The molecule has 5 heteroatoms. The Bertz CT molecular complexity index is 309. The van der Waals surface area contributed by atoms with Gasteiger partial charge in [0.1, 0.15) is 0 Å². The third-order valence-electron chi connectivity index (χ3n) is 1.76. The van der Waals surface area contributed by atoms with Crippen molar-refractivity contribution in [3.8, 4) is 0 Å². The minimum Gasteiger partial charge on any atom is -0.353 e. The number of hydrogen-bond acceptors (Lipinski definition) is 2. The maximum Gasteiger partial charge on any atom is 0.232 e. The number of halogens is 1. The molecule has 0 aromatic carbocycles. The van der Waals surface area contributed by atoms with Gasteiger partial charge in [-0.15, -0.1) is 0 Å². The van der Waals surface area contributed by atoms with Gasteiger partial charge in [0.15, 0.2) is 0 Å². The molecule has 0 fully saturated rings. The molecule has 1 rings (SSSR count). The third kappa shape index (κ3) is 3.65. The van der Waals surface area contributed by atoms with Crippen LogP contribution in [0.4, 0.5) is 0 Å². The van der Waals surface area contributed by atoms with E-state index in [1.165, 1.54) is 0 Å². The normalized spacial score (nSPS) is 12.5. The Balaban J connectivity index is 2.25. The molecule has 0 saturated heterocycles. The van der Waals surface area contributed by atoms with E-state index in [1.54, 1.807) is 0 Å². The molecule has 1 amide bonds. The molecule has 1 aromatic rings. The number of aromatic nitrogens is 2. The number of carbonyl (C=O) groups excluding carboxylic acids is 1. The van der Waals surface area contributed by atoms with E-state index < -0.39 is 0 Å². The second-order valence-electron chi connectivity index (χ2n) is 3.19. The van der Waals surface area contributed by atoms with Crippen molar-refractivity contribution in [2.45, 2.75) is 24.3 Å². The zero-order chi connectivity index (χ0) is 10.6. The summed E-state index contributed by atoms with van der Waals surface area (Å²) in [6.45, 7) is 5.22. The summed E-state index contributed by atoms with van der Waals surface area (Å²) in [6.07, 6.45) is 3.77. The second kappa shape index (κ2) is 5.33. The Morgan fingerprint density at radius 2 is 2.50 bits per heavy atom. The van der Waals surface area contributed by atoms with Crippen molar-refractivity contribution < 1.29 is 4.79 Å². The van der Waals surface area contributed by atoms with Crippen molar-refractivity contribution in [1.82, 2.24) is 15.1 Å². The number of nitrogens with zero attached hydrogens (tertiary/aromatic N) is 2. The highest BCUT2D eigenvalue weighted by Crippen LogP contribution is 1.97. The van der Waals surface area contributed by atoms with E-state index in [0.29, 0.717) is 6.54 Å². The topological polar surface area (TPSA) is 46.9 Å². The lowest BCUT2D eigenvalue weighted by Crippen LogP contribution is -2.32. The van der Waals surface area contributed by atoms with Gasteiger partial charge in [-0.05, 0) is 19.4 Å². The zero-order valence-corrected chi connectivity index (χ0v) is 10.5. The molecule has 0 bridgehead atoms. The lowest BCUT2D eigenvalue weighted by Gasteiger charge is -2.06. The third-order valence-corrected chi connectivity index (χ3v) is 2.33. The molecule has 0 saturated carbocycles. The van der Waals surface area contributed by atoms with Gasteiger partial charge in [0, 0.05) is 12.7 Å². The van der Waals surface area contributed by atoms with Crippen LogP contribution in [0, 0.1) is 6.92 Å². The molecule has 14 heavy (non-hydrogen) atoms. The molecule has 0 spiro atoms. The molecule has 78 valence electrons. The van der Waals surface area contributed by atoms with E-state index >= 15 is 0 Å². The summed E-state index contributed by atoms with van der Waals surface area (Å²) >= 11 is 2.09. The van der Waals surface area contributed by atoms with Crippen LogP contribution in [0.5, 0.6) is 0 Å². The SMILES string of the molecule is Cc1cnn(CCNC(=O)C(C)I)c1. The Hall–Kier alpha value is -0.590. The first-order valence-electron chi connectivity index (χ1n) is 4.50. The highest BCUT2D eigenvalue weighted by Gasteiger charge is 2.06. The zero-order valence-electron chi connectivity index (χ0n) is 8.33. The predicted molar refractivity (Wildman–Crippen MR) is 63.5 cm³/mol. The summed E-state index contributed by atoms with van der Waals surface area (Å²) in [6, 6.07) is 0. The quantitative estimate of drug-likeness (QED) is 0.669. The number of nitrogens with one attached hydrogen (secondary N) is 1. The van der Waals surface area contributed by atoms with Gasteiger partial charge in [-0.2, -0.15) is 5.10 Å². The van der Waals surface area contributed by atoms with Crippen molar-refractivity contribution in [3.63, 3.8) is 0 Å². The monoisotopic (exact) mass is 307 g/mol. The van der Waals surface area contributed by atoms with Gasteiger partial charge in [-0.25, -0.2) is 0 Å². The molecular weight excluding hydrogens is 293 g/mol. The van der Waals surface area contributed by atoms with Crippen LogP contribution in [0.1, 0.15) is 12.5 Å². The van der Waals surface area contributed by atoms with E-state index in [4.69, 9.17) is 0 Å². The van der Waals surface area contributed by atoms with Crippen LogP contribution in [0.2, 0.25) is 0 Å². The minimum atomic E-state index is 0.0203. The fourth-order valence-corrected chi connectivity index (χ4v) is 1.24. The van der Waals surface area contributed by atoms with Crippen molar-refractivity contribution in [1.29, 1.82) is 0 Å². The van der Waals surface area contributed by atoms with Crippen molar-refractivity contribution >= 4 is 28.5 Å². The molecule has 1 heterocycles. The highest BCUT2D eigenvalue weighted by atomic mass is 127. The first-order chi connectivity index (χ1) is 6.59. The molecule has 0 aliphatic heterocycles. The number of aryl methyl sites for hydroxylation is 1. The summed E-state index contributed by atoms with van der Waals surface area (Å²) in [5, 5.41) is 6.95. The van der Waals surface area contributed by atoms with Gasteiger partial charge in [-0.1, -0.05) is 22.6 Å². The van der Waals surface area contributed by atoms with E-state index in [0.717, 1.165) is 12.1 Å². The van der Waals surface area contributed by atoms with Crippen LogP contribution in [0.15, 0.2) is 12.4 Å². The van der Waals surface area contributed by atoms with Crippen LogP contribution in [0.25, 0.3) is 0 Å². The average Bonchev–Trinajstić information content (AvgIpc) is 2.51. The molecule has 0 aliphatic rings. The maximum atomic E-state index is 11.2. The van der Waals surface area contributed by atoms with Crippen LogP contribution in [0.3, 0.4) is 0 Å². The lowest BCUT2D eigenvalue weighted by atomic mass is 10.4. The molecule has 0 aliphatic carbocycles. The minimum absolute atomic E-state index is 0.0203. The Morgan fingerprint density at radius 3 is 3.00 bits per heavy atom. The smallest absolute Gasteiger partial charge is 0.232 e. The average molecular weight is 307 g/mol. The fraction of sp³-hybridized carbons (Fsp3) is 0.556. The summed E-state index contributed by atoms with van der Waals surface area (Å²) in [5.41, 5.74) is 1.14. The number of hydrogen-bond donors (Lipinski definition) is 1. The second-order valence-corrected chi connectivity index (χ2v) is 5.06. The summed E-state index contributed by atoms with van der Waals surface area (Å²) < 4.78 is 1.85. The lowest BCUT2D eigenvalue weighted by molar-refractivity contribution is -0.120. The largest absolute Gasteiger partial charge is 0.353 e. The standard InChI is InChI=1S/C9H14IN3O/c1-7-5-12-13(6-7)4-3-11-9(14)8(2)10/h5-6,8H,3-4H2,1-2H3,(H,11,14). The molecular formula is C9H14IN3O. The molecule has 1 atom stereocenters. The van der Waals surface area contributed by atoms with Gasteiger partial charge < -0.3 is 5.32 Å². The van der Waals surface area contributed by atoms with Crippen LogP contribution >= 0.6 is 22.6 Å². The van der Waals surface area contributed by atoms with Crippen LogP contribution in [-0.2, 0) is 11.3 Å². The van der Waals surface area contributed by atoms with Gasteiger partial charge in [0.05, 0.1) is 16.7 Å². The van der Waals surface area contributed by atoms with E-state index in [9.17, 15) is 4.79 Å². The molecule has 1 unspecified atom stereocenters. The number of carbonyl (C=O) groups is 1. The highest BCUT2D eigenvalue weighted by molar-refractivity contribution is 14.1. The fourth-order valence-electron chi connectivity index (χ4n) is 1.02. The summed E-state index contributed by atoms with van der Waals surface area (Å²) in [5.74, 6) is 0.0782. The van der Waals surface area contributed by atoms with Gasteiger partial charge in [0.25, 0.3) is 0 Å². The summed E-state index contributed by atoms with van der Waals surface area (Å²) in [4.78, 5) is 11.2. The number of amides is 1. The number of alkyl halides is 1. The predicted octanol–water partition coefficient (Wildman–Crippen LogP) is 1.13. The van der Waals surface area contributed by atoms with Crippen LogP contribution < -0.4 is 5.32 Å². The molecule has 1 N–H and O–H groups in total. The van der Waals surface area contributed by atoms with E-state index in [-0.39, 0.29) is 9.83 Å². The van der Waals surface area contributed by atoms with Gasteiger partial charge >= 0.3 is 0 Å². The van der Waals surface area contributed by atoms with E-state index in [1.807, 2.05) is 30.9 Å². The molecule has 0 radical (unpaired) electrons. The van der Waals surface area contributed by atoms with E-state index in [2.05, 4.69) is 33.0 Å².